The first-order valence-electron chi connectivity index (χ1n) is 6.88. The smallest absolute Gasteiger partial charge is 0.223 e. The molecule has 1 radical (unpaired) electrons. The van der Waals surface area contributed by atoms with Gasteiger partial charge in [-0.2, -0.15) is 0 Å². The summed E-state index contributed by atoms with van der Waals surface area (Å²) in [5.74, 6) is 0.569. The van der Waals surface area contributed by atoms with Crippen molar-refractivity contribution in [2.45, 2.75) is 20.0 Å². The van der Waals surface area contributed by atoms with Gasteiger partial charge >= 0.3 is 0 Å². The van der Waals surface area contributed by atoms with Gasteiger partial charge in [0.05, 0.1) is 22.2 Å². The quantitative estimate of drug-likeness (QED) is 0.667. The fourth-order valence-corrected chi connectivity index (χ4v) is 2.59. The molecule has 0 aliphatic heterocycles. The molecule has 0 spiro atoms. The van der Waals surface area contributed by atoms with Crippen LogP contribution in [-0.2, 0) is 0 Å². The number of halogens is 1. The molecule has 0 saturated carbocycles. The maximum Gasteiger partial charge on any atom is 0.223 e. The monoisotopic (exact) mass is 296 g/mol. The number of benzene rings is 2. The van der Waals surface area contributed by atoms with E-state index < -0.39 is 0 Å². The van der Waals surface area contributed by atoms with E-state index in [1.165, 1.54) is 0 Å². The minimum atomic E-state index is 0.0313. The fraction of sp³-hybridized carbons (Fsp3) is 0.167. The highest BCUT2D eigenvalue weighted by Gasteiger charge is 2.17. The summed E-state index contributed by atoms with van der Waals surface area (Å²) in [6.07, 6.45) is 0.0313. The molecule has 0 fully saturated rings. The van der Waals surface area contributed by atoms with Crippen LogP contribution in [0.15, 0.2) is 48.5 Å². The van der Waals surface area contributed by atoms with Gasteiger partial charge in [0, 0.05) is 5.39 Å². The number of ether oxygens (including phenoxy) is 1. The first kappa shape index (κ1) is 13.9. The van der Waals surface area contributed by atoms with Gasteiger partial charge in [-0.05, 0) is 37.6 Å². The van der Waals surface area contributed by atoms with E-state index in [1.54, 1.807) is 0 Å². The van der Waals surface area contributed by atoms with Crippen LogP contribution in [0.4, 0.5) is 0 Å². The molecule has 0 amide bonds. The lowest BCUT2D eigenvalue weighted by molar-refractivity contribution is 0.234. The maximum absolute atomic E-state index is 6.62. The van der Waals surface area contributed by atoms with Gasteiger partial charge in [-0.3, -0.25) is 0 Å². The van der Waals surface area contributed by atoms with Gasteiger partial charge < -0.3 is 4.74 Å². The molecule has 3 heteroatoms. The van der Waals surface area contributed by atoms with E-state index in [2.05, 4.69) is 11.1 Å². The molecule has 0 N–H and O–H groups in total. The second-order valence-electron chi connectivity index (χ2n) is 5.08. The standard InChI is InChI=1S/C18H15ClNO/c1-12(2)21-18-16(13-8-4-3-5-9-13)17(19)14-10-6-7-11-15(14)20-18/h3-5,7-12H,1-2H3. The summed E-state index contributed by atoms with van der Waals surface area (Å²) in [6, 6.07) is 18.6. The van der Waals surface area contributed by atoms with Crippen LogP contribution in [0.2, 0.25) is 5.02 Å². The summed E-state index contributed by atoms with van der Waals surface area (Å²) < 4.78 is 5.88. The van der Waals surface area contributed by atoms with Crippen LogP contribution in [-0.4, -0.2) is 11.1 Å². The van der Waals surface area contributed by atoms with Gasteiger partial charge in [0.25, 0.3) is 0 Å². The lowest BCUT2D eigenvalue weighted by atomic mass is 10.0. The van der Waals surface area contributed by atoms with E-state index in [0.717, 1.165) is 22.0 Å². The van der Waals surface area contributed by atoms with Crippen molar-refractivity contribution < 1.29 is 4.74 Å². The van der Waals surface area contributed by atoms with Gasteiger partial charge in [0.15, 0.2) is 0 Å². The molecule has 21 heavy (non-hydrogen) atoms. The summed E-state index contributed by atoms with van der Waals surface area (Å²) in [7, 11) is 0. The summed E-state index contributed by atoms with van der Waals surface area (Å²) in [5, 5.41) is 1.54. The van der Waals surface area contributed by atoms with Crippen molar-refractivity contribution in [3.8, 4) is 17.0 Å². The molecule has 0 bridgehead atoms. The minimum absolute atomic E-state index is 0.0313. The normalized spacial score (nSPS) is 11.0. The molecule has 105 valence electrons. The molecule has 0 saturated heterocycles. The summed E-state index contributed by atoms with van der Waals surface area (Å²) in [4.78, 5) is 4.63. The lowest BCUT2D eigenvalue weighted by Crippen LogP contribution is -2.08. The Hall–Kier alpha value is -2.06. The van der Waals surface area contributed by atoms with Crippen LogP contribution >= 0.6 is 11.6 Å². The highest BCUT2D eigenvalue weighted by Crippen LogP contribution is 2.39. The Balaban J connectivity index is 2.31. The molecule has 3 rings (SSSR count). The molecule has 0 aliphatic carbocycles. The summed E-state index contributed by atoms with van der Waals surface area (Å²) in [6.45, 7) is 3.96. The number of aromatic nitrogens is 1. The first-order chi connectivity index (χ1) is 10.2. The molecule has 0 aliphatic rings. The van der Waals surface area contributed by atoms with E-state index in [1.807, 2.05) is 62.4 Å². The average molecular weight is 297 g/mol. The van der Waals surface area contributed by atoms with Crippen LogP contribution in [0.5, 0.6) is 5.88 Å². The fourth-order valence-electron chi connectivity index (χ4n) is 2.25. The molecular formula is C18H15ClNO. The Morgan fingerprint density at radius 1 is 1.14 bits per heavy atom. The van der Waals surface area contributed by atoms with Crippen LogP contribution in [0, 0.1) is 6.07 Å². The Bertz CT molecular complexity index is 769. The highest BCUT2D eigenvalue weighted by molar-refractivity contribution is 6.38. The van der Waals surface area contributed by atoms with E-state index in [-0.39, 0.29) is 6.10 Å². The van der Waals surface area contributed by atoms with E-state index in [9.17, 15) is 0 Å². The molecular weight excluding hydrogens is 282 g/mol. The van der Waals surface area contributed by atoms with E-state index >= 15 is 0 Å². The van der Waals surface area contributed by atoms with Crippen LogP contribution in [0.3, 0.4) is 0 Å². The van der Waals surface area contributed by atoms with E-state index in [4.69, 9.17) is 16.3 Å². The van der Waals surface area contributed by atoms with Gasteiger partial charge in [0.2, 0.25) is 5.88 Å². The number of hydrogen-bond acceptors (Lipinski definition) is 2. The predicted octanol–water partition coefficient (Wildman–Crippen LogP) is 5.14. The molecule has 1 aromatic heterocycles. The molecule has 0 atom stereocenters. The summed E-state index contributed by atoms with van der Waals surface area (Å²) in [5.41, 5.74) is 2.64. The average Bonchev–Trinajstić information content (AvgIpc) is 2.48. The largest absolute Gasteiger partial charge is 0.474 e. The molecule has 2 nitrogen and oxygen atoms in total. The number of rotatable bonds is 3. The Kier molecular flexibility index (Phi) is 3.80. The zero-order valence-corrected chi connectivity index (χ0v) is 12.7. The first-order valence-corrected chi connectivity index (χ1v) is 7.26. The van der Waals surface area contributed by atoms with Crippen molar-refractivity contribution in [2.75, 3.05) is 0 Å². The number of pyridine rings is 1. The van der Waals surface area contributed by atoms with Crippen LogP contribution in [0.1, 0.15) is 13.8 Å². The SMILES string of the molecule is CC(C)Oc1nc2cc[c]cc2c(Cl)c1-c1ccccc1. The molecule has 2 aromatic carbocycles. The highest BCUT2D eigenvalue weighted by atomic mass is 35.5. The topological polar surface area (TPSA) is 22.1 Å². The predicted molar refractivity (Wildman–Crippen MR) is 86.8 cm³/mol. The van der Waals surface area contributed by atoms with Crippen LogP contribution in [0.25, 0.3) is 22.0 Å². The zero-order chi connectivity index (χ0) is 14.8. The molecule has 1 heterocycles. The lowest BCUT2D eigenvalue weighted by Gasteiger charge is -2.16. The Morgan fingerprint density at radius 2 is 1.90 bits per heavy atom. The second-order valence-corrected chi connectivity index (χ2v) is 5.46. The third-order valence-corrected chi connectivity index (χ3v) is 3.54. The Labute approximate surface area is 129 Å². The van der Waals surface area contributed by atoms with Crippen molar-refractivity contribution in [1.82, 2.24) is 4.98 Å². The minimum Gasteiger partial charge on any atom is -0.474 e. The Morgan fingerprint density at radius 3 is 2.62 bits per heavy atom. The molecule has 0 unspecified atom stereocenters. The van der Waals surface area contributed by atoms with Crippen molar-refractivity contribution in [2.24, 2.45) is 0 Å². The number of hydrogen-bond donors (Lipinski definition) is 0. The van der Waals surface area contributed by atoms with Crippen molar-refractivity contribution >= 4 is 22.5 Å². The maximum atomic E-state index is 6.62. The third kappa shape index (κ3) is 2.72. The van der Waals surface area contributed by atoms with Gasteiger partial charge in [-0.15, -0.1) is 0 Å². The number of nitrogens with zero attached hydrogens (tertiary/aromatic N) is 1. The second kappa shape index (κ2) is 5.74. The van der Waals surface area contributed by atoms with Gasteiger partial charge in [0.1, 0.15) is 0 Å². The number of fused-ring (bicyclic) bond motifs is 1. The van der Waals surface area contributed by atoms with Gasteiger partial charge in [-0.1, -0.05) is 48.0 Å². The molecule has 3 aromatic rings. The summed E-state index contributed by atoms with van der Waals surface area (Å²) >= 11 is 6.62. The van der Waals surface area contributed by atoms with E-state index in [0.29, 0.717) is 10.9 Å². The van der Waals surface area contributed by atoms with Crippen molar-refractivity contribution in [3.05, 3.63) is 59.6 Å². The zero-order valence-electron chi connectivity index (χ0n) is 11.9. The van der Waals surface area contributed by atoms with Gasteiger partial charge in [-0.25, -0.2) is 4.98 Å². The van der Waals surface area contributed by atoms with Crippen LogP contribution < -0.4 is 4.74 Å². The third-order valence-electron chi connectivity index (χ3n) is 3.14. The van der Waals surface area contributed by atoms with Crippen molar-refractivity contribution in [3.63, 3.8) is 0 Å². The van der Waals surface area contributed by atoms with Crippen molar-refractivity contribution in [1.29, 1.82) is 0 Å².